The molecule has 0 atom stereocenters. The highest BCUT2D eigenvalue weighted by atomic mass is 16.6. The summed E-state index contributed by atoms with van der Waals surface area (Å²) in [4.78, 5) is 23.9. The molecular weight excluding hydrogens is 182 g/mol. The van der Waals surface area contributed by atoms with Gasteiger partial charge in [0, 0.05) is 13.1 Å². The van der Waals surface area contributed by atoms with Crippen molar-refractivity contribution in [2.75, 3.05) is 13.1 Å². The lowest BCUT2D eigenvalue weighted by Gasteiger charge is -2.38. The molecular formula is C10H17NO3. The molecule has 0 aliphatic carbocycles. The van der Waals surface area contributed by atoms with Crippen molar-refractivity contribution in [3.63, 3.8) is 0 Å². The van der Waals surface area contributed by atoms with Gasteiger partial charge in [0.05, 0.1) is 5.92 Å². The van der Waals surface area contributed by atoms with Gasteiger partial charge in [0.2, 0.25) is 0 Å². The smallest absolute Gasteiger partial charge is 0.410 e. The molecule has 80 valence electrons. The molecule has 0 bridgehead atoms. The molecule has 1 amide bonds. The third kappa shape index (κ3) is 2.72. The van der Waals surface area contributed by atoms with E-state index < -0.39 is 5.60 Å². The van der Waals surface area contributed by atoms with Gasteiger partial charge in [0.25, 0.3) is 0 Å². The first-order valence-electron chi connectivity index (χ1n) is 4.78. The summed E-state index contributed by atoms with van der Waals surface area (Å²) in [6.45, 7) is 8.04. The quantitative estimate of drug-likeness (QED) is 0.642. The standard InChI is InChI=1S/C10H17NO3/c1-7(12)8-5-11(6-8)9(13)14-10(2,3)4/h8H,5-6H2,1-4H3. The van der Waals surface area contributed by atoms with E-state index in [-0.39, 0.29) is 17.8 Å². The van der Waals surface area contributed by atoms with Gasteiger partial charge in [-0.15, -0.1) is 0 Å². The fourth-order valence-corrected chi connectivity index (χ4v) is 1.21. The third-order valence-electron chi connectivity index (χ3n) is 2.11. The minimum absolute atomic E-state index is 0.0162. The molecule has 0 saturated carbocycles. The van der Waals surface area contributed by atoms with Gasteiger partial charge in [-0.1, -0.05) is 0 Å². The van der Waals surface area contributed by atoms with Gasteiger partial charge in [-0.3, -0.25) is 4.79 Å². The zero-order valence-corrected chi connectivity index (χ0v) is 9.16. The van der Waals surface area contributed by atoms with E-state index in [1.807, 2.05) is 20.8 Å². The number of carbonyl (C=O) groups is 2. The van der Waals surface area contributed by atoms with Crippen LogP contribution in [0, 0.1) is 5.92 Å². The molecule has 1 saturated heterocycles. The largest absolute Gasteiger partial charge is 0.444 e. The number of ether oxygens (including phenoxy) is 1. The van der Waals surface area contributed by atoms with E-state index in [1.165, 1.54) is 0 Å². The highest BCUT2D eigenvalue weighted by Gasteiger charge is 2.35. The zero-order chi connectivity index (χ0) is 10.9. The number of hydrogen-bond donors (Lipinski definition) is 0. The predicted octanol–water partition coefficient (Wildman–Crippen LogP) is 1.44. The molecule has 1 fully saturated rings. The summed E-state index contributed by atoms with van der Waals surface area (Å²) in [5.41, 5.74) is -0.460. The minimum Gasteiger partial charge on any atom is -0.444 e. The Bertz CT molecular complexity index is 249. The molecule has 1 rings (SSSR count). The van der Waals surface area contributed by atoms with Crippen molar-refractivity contribution in [2.45, 2.75) is 33.3 Å². The van der Waals surface area contributed by atoms with E-state index in [9.17, 15) is 9.59 Å². The van der Waals surface area contributed by atoms with Crippen LogP contribution in [0.3, 0.4) is 0 Å². The number of amides is 1. The first kappa shape index (κ1) is 11.0. The van der Waals surface area contributed by atoms with E-state index in [0.29, 0.717) is 13.1 Å². The number of rotatable bonds is 1. The zero-order valence-electron chi connectivity index (χ0n) is 9.16. The number of carbonyl (C=O) groups excluding carboxylic acids is 2. The number of likely N-dealkylation sites (tertiary alicyclic amines) is 1. The summed E-state index contributed by atoms with van der Waals surface area (Å²) in [7, 11) is 0. The molecule has 0 unspecified atom stereocenters. The van der Waals surface area contributed by atoms with Gasteiger partial charge in [0.1, 0.15) is 11.4 Å². The Morgan fingerprint density at radius 2 is 1.79 bits per heavy atom. The second-order valence-corrected chi connectivity index (χ2v) is 4.69. The van der Waals surface area contributed by atoms with Crippen LogP contribution in [0.1, 0.15) is 27.7 Å². The van der Waals surface area contributed by atoms with Gasteiger partial charge >= 0.3 is 6.09 Å². The normalized spacial score (nSPS) is 17.6. The van der Waals surface area contributed by atoms with Crippen molar-refractivity contribution < 1.29 is 14.3 Å². The van der Waals surface area contributed by atoms with Crippen LogP contribution in [0.5, 0.6) is 0 Å². The van der Waals surface area contributed by atoms with E-state index in [2.05, 4.69) is 0 Å². The molecule has 4 heteroatoms. The van der Waals surface area contributed by atoms with Gasteiger partial charge in [-0.25, -0.2) is 4.79 Å². The summed E-state index contributed by atoms with van der Waals surface area (Å²) in [5, 5.41) is 0. The van der Waals surface area contributed by atoms with Crippen LogP contribution < -0.4 is 0 Å². The van der Waals surface area contributed by atoms with Crippen LogP contribution in [0.2, 0.25) is 0 Å². The number of nitrogens with zero attached hydrogens (tertiary/aromatic N) is 1. The Balaban J connectivity index is 2.34. The van der Waals surface area contributed by atoms with Crippen molar-refractivity contribution in [3.05, 3.63) is 0 Å². The van der Waals surface area contributed by atoms with Crippen molar-refractivity contribution in [1.29, 1.82) is 0 Å². The van der Waals surface area contributed by atoms with E-state index in [0.717, 1.165) is 0 Å². The molecule has 0 spiro atoms. The van der Waals surface area contributed by atoms with Gasteiger partial charge in [-0.2, -0.15) is 0 Å². The maximum absolute atomic E-state index is 11.4. The first-order chi connectivity index (χ1) is 6.29. The average Bonchev–Trinajstić information content (AvgIpc) is 1.75. The SMILES string of the molecule is CC(=O)C1CN(C(=O)OC(C)(C)C)C1. The Hall–Kier alpha value is -1.06. The lowest BCUT2D eigenvalue weighted by atomic mass is 9.97. The van der Waals surface area contributed by atoms with Crippen molar-refractivity contribution >= 4 is 11.9 Å². The van der Waals surface area contributed by atoms with Gasteiger partial charge < -0.3 is 9.64 Å². The monoisotopic (exact) mass is 199 g/mol. The minimum atomic E-state index is -0.460. The molecule has 14 heavy (non-hydrogen) atoms. The van der Waals surface area contributed by atoms with E-state index in [4.69, 9.17) is 4.74 Å². The Morgan fingerprint density at radius 3 is 2.14 bits per heavy atom. The number of hydrogen-bond acceptors (Lipinski definition) is 3. The highest BCUT2D eigenvalue weighted by molar-refractivity contribution is 5.82. The Labute approximate surface area is 84.2 Å². The van der Waals surface area contributed by atoms with Crippen LogP contribution in [0.25, 0.3) is 0 Å². The molecule has 1 aliphatic rings. The lowest BCUT2D eigenvalue weighted by Crippen LogP contribution is -2.53. The van der Waals surface area contributed by atoms with Crippen molar-refractivity contribution in [1.82, 2.24) is 4.90 Å². The highest BCUT2D eigenvalue weighted by Crippen LogP contribution is 2.19. The molecule has 0 radical (unpaired) electrons. The Kier molecular flexibility index (Phi) is 2.83. The average molecular weight is 199 g/mol. The fraction of sp³-hybridized carbons (Fsp3) is 0.800. The summed E-state index contributed by atoms with van der Waals surface area (Å²) in [6, 6.07) is 0. The third-order valence-corrected chi connectivity index (χ3v) is 2.11. The molecule has 1 aliphatic heterocycles. The van der Waals surface area contributed by atoms with Gasteiger partial charge in [0.15, 0.2) is 0 Å². The summed E-state index contributed by atoms with van der Waals surface area (Å²) >= 11 is 0. The van der Waals surface area contributed by atoms with E-state index in [1.54, 1.807) is 11.8 Å². The van der Waals surface area contributed by atoms with E-state index >= 15 is 0 Å². The first-order valence-corrected chi connectivity index (χ1v) is 4.78. The van der Waals surface area contributed by atoms with Crippen LogP contribution in [-0.2, 0) is 9.53 Å². The molecule has 0 N–H and O–H groups in total. The van der Waals surface area contributed by atoms with Crippen molar-refractivity contribution in [2.24, 2.45) is 5.92 Å². The number of ketones is 1. The second-order valence-electron chi connectivity index (χ2n) is 4.69. The number of Topliss-reactive ketones (excluding diaryl/α,β-unsaturated/α-hetero) is 1. The molecule has 1 heterocycles. The van der Waals surface area contributed by atoms with Crippen LogP contribution in [0.4, 0.5) is 4.79 Å². The molecule has 0 aromatic heterocycles. The maximum atomic E-state index is 11.4. The summed E-state index contributed by atoms with van der Waals surface area (Å²) < 4.78 is 5.15. The molecule has 0 aromatic carbocycles. The Morgan fingerprint density at radius 1 is 1.29 bits per heavy atom. The predicted molar refractivity (Wildman–Crippen MR) is 52.0 cm³/mol. The molecule has 0 aromatic rings. The van der Waals surface area contributed by atoms with Gasteiger partial charge in [-0.05, 0) is 27.7 Å². The van der Waals surface area contributed by atoms with Crippen LogP contribution in [-0.4, -0.2) is 35.5 Å². The summed E-state index contributed by atoms with van der Waals surface area (Å²) in [5.74, 6) is 0.160. The van der Waals surface area contributed by atoms with Crippen LogP contribution in [0.15, 0.2) is 0 Å². The van der Waals surface area contributed by atoms with Crippen LogP contribution >= 0.6 is 0 Å². The van der Waals surface area contributed by atoms with Crippen molar-refractivity contribution in [3.8, 4) is 0 Å². The summed E-state index contributed by atoms with van der Waals surface area (Å²) in [6.07, 6.45) is -0.324. The lowest BCUT2D eigenvalue weighted by molar-refractivity contribution is -0.125. The maximum Gasteiger partial charge on any atom is 0.410 e. The molecule has 4 nitrogen and oxygen atoms in total. The fourth-order valence-electron chi connectivity index (χ4n) is 1.21. The second kappa shape index (κ2) is 3.59. The topological polar surface area (TPSA) is 46.6 Å².